The Morgan fingerprint density at radius 3 is 2.95 bits per heavy atom. The lowest BCUT2D eigenvalue weighted by Gasteiger charge is -2.18. The Bertz CT molecular complexity index is 709. The van der Waals surface area contributed by atoms with Crippen molar-refractivity contribution in [3.63, 3.8) is 0 Å². The Hall–Kier alpha value is -2.34. The molecule has 0 aliphatic carbocycles. The van der Waals surface area contributed by atoms with Crippen LogP contribution in [0.15, 0.2) is 29.7 Å². The van der Waals surface area contributed by atoms with Gasteiger partial charge in [-0.2, -0.15) is 0 Å². The maximum absolute atomic E-state index is 11.8. The SMILES string of the molecule is Cc1nc(/C=C/C(=O)NCc2ccc3c(c2)OCCO3)cs1. The van der Waals surface area contributed by atoms with Crippen LogP contribution in [0.4, 0.5) is 0 Å². The number of nitrogens with zero attached hydrogens (tertiary/aromatic N) is 1. The average Bonchev–Trinajstić information content (AvgIpc) is 2.96. The number of thiazole rings is 1. The van der Waals surface area contributed by atoms with Crippen LogP contribution in [0.5, 0.6) is 11.5 Å². The second-order valence-electron chi connectivity index (χ2n) is 4.82. The van der Waals surface area contributed by atoms with Crippen LogP contribution in [0.2, 0.25) is 0 Å². The van der Waals surface area contributed by atoms with Gasteiger partial charge in [0.05, 0.1) is 10.7 Å². The summed E-state index contributed by atoms with van der Waals surface area (Å²) in [4.78, 5) is 16.1. The average molecular weight is 316 g/mol. The molecule has 1 aromatic heterocycles. The van der Waals surface area contributed by atoms with Crippen molar-refractivity contribution in [3.05, 3.63) is 45.9 Å². The minimum Gasteiger partial charge on any atom is -0.486 e. The lowest BCUT2D eigenvalue weighted by atomic mass is 10.2. The first-order chi connectivity index (χ1) is 10.7. The number of hydrogen-bond donors (Lipinski definition) is 1. The third-order valence-electron chi connectivity index (χ3n) is 3.12. The standard InChI is InChI=1S/C16H16N2O3S/c1-11-18-13(10-22-11)3-5-16(19)17-9-12-2-4-14-15(8-12)21-7-6-20-14/h2-5,8,10H,6-7,9H2,1H3,(H,17,19)/b5-3+. The van der Waals surface area contributed by atoms with Crippen molar-refractivity contribution in [3.8, 4) is 11.5 Å². The molecule has 5 nitrogen and oxygen atoms in total. The molecule has 3 rings (SSSR count). The first-order valence-corrected chi connectivity index (χ1v) is 7.85. The highest BCUT2D eigenvalue weighted by Gasteiger charge is 2.11. The Labute approximate surface area is 132 Å². The van der Waals surface area contributed by atoms with Crippen LogP contribution in [-0.2, 0) is 11.3 Å². The summed E-state index contributed by atoms with van der Waals surface area (Å²) in [6, 6.07) is 5.67. The predicted octanol–water partition coefficient (Wildman–Crippen LogP) is 2.55. The molecular formula is C16H16N2O3S. The minimum absolute atomic E-state index is 0.152. The van der Waals surface area contributed by atoms with Gasteiger partial charge in [-0.05, 0) is 30.7 Å². The largest absolute Gasteiger partial charge is 0.486 e. The van der Waals surface area contributed by atoms with E-state index in [1.165, 1.54) is 6.08 Å². The molecule has 0 fully saturated rings. The number of amides is 1. The van der Waals surface area contributed by atoms with E-state index >= 15 is 0 Å². The van der Waals surface area contributed by atoms with E-state index in [1.807, 2.05) is 30.5 Å². The quantitative estimate of drug-likeness (QED) is 0.881. The van der Waals surface area contributed by atoms with Crippen LogP contribution >= 0.6 is 11.3 Å². The zero-order valence-electron chi connectivity index (χ0n) is 12.2. The number of nitrogens with one attached hydrogen (secondary N) is 1. The summed E-state index contributed by atoms with van der Waals surface area (Å²) in [7, 11) is 0. The van der Waals surface area contributed by atoms with Gasteiger partial charge < -0.3 is 14.8 Å². The fourth-order valence-corrected chi connectivity index (χ4v) is 2.64. The van der Waals surface area contributed by atoms with Crippen LogP contribution in [-0.4, -0.2) is 24.1 Å². The summed E-state index contributed by atoms with van der Waals surface area (Å²) in [5.74, 6) is 1.33. The summed E-state index contributed by atoms with van der Waals surface area (Å²) in [5.41, 5.74) is 1.77. The summed E-state index contributed by atoms with van der Waals surface area (Å²) >= 11 is 1.56. The molecule has 0 radical (unpaired) electrons. The molecule has 1 aliphatic rings. The van der Waals surface area contributed by atoms with E-state index in [2.05, 4.69) is 10.3 Å². The highest BCUT2D eigenvalue weighted by molar-refractivity contribution is 7.09. The molecule has 22 heavy (non-hydrogen) atoms. The fourth-order valence-electron chi connectivity index (χ4n) is 2.06. The number of rotatable bonds is 4. The van der Waals surface area contributed by atoms with Gasteiger partial charge in [-0.15, -0.1) is 11.3 Å². The van der Waals surface area contributed by atoms with Crippen molar-refractivity contribution in [2.75, 3.05) is 13.2 Å². The van der Waals surface area contributed by atoms with Crippen molar-refractivity contribution in [2.45, 2.75) is 13.5 Å². The van der Waals surface area contributed by atoms with E-state index < -0.39 is 0 Å². The first kappa shape index (κ1) is 14.6. The van der Waals surface area contributed by atoms with Crippen LogP contribution in [0.1, 0.15) is 16.3 Å². The van der Waals surface area contributed by atoms with E-state index in [0.29, 0.717) is 19.8 Å². The van der Waals surface area contributed by atoms with Gasteiger partial charge in [0.15, 0.2) is 11.5 Å². The number of aromatic nitrogens is 1. The number of benzene rings is 1. The zero-order chi connectivity index (χ0) is 15.4. The van der Waals surface area contributed by atoms with Gasteiger partial charge in [-0.3, -0.25) is 4.79 Å². The van der Waals surface area contributed by atoms with Gasteiger partial charge in [0.25, 0.3) is 0 Å². The number of aryl methyl sites for hydroxylation is 1. The van der Waals surface area contributed by atoms with Gasteiger partial charge in [-0.25, -0.2) is 4.98 Å². The van der Waals surface area contributed by atoms with E-state index in [4.69, 9.17) is 9.47 Å². The number of carbonyl (C=O) groups is 1. The molecule has 1 N–H and O–H groups in total. The molecule has 1 amide bonds. The molecule has 0 unspecified atom stereocenters. The van der Waals surface area contributed by atoms with Crippen LogP contribution < -0.4 is 14.8 Å². The van der Waals surface area contributed by atoms with Crippen LogP contribution in [0, 0.1) is 6.92 Å². The maximum atomic E-state index is 11.8. The molecule has 0 bridgehead atoms. The smallest absolute Gasteiger partial charge is 0.244 e. The van der Waals surface area contributed by atoms with E-state index in [-0.39, 0.29) is 5.91 Å². The van der Waals surface area contributed by atoms with Crippen LogP contribution in [0.3, 0.4) is 0 Å². The minimum atomic E-state index is -0.152. The Morgan fingerprint density at radius 2 is 2.18 bits per heavy atom. The topological polar surface area (TPSA) is 60.5 Å². The second-order valence-corrected chi connectivity index (χ2v) is 5.88. The summed E-state index contributed by atoms with van der Waals surface area (Å²) < 4.78 is 11.0. The molecule has 0 spiro atoms. The Kier molecular flexibility index (Phi) is 4.39. The third kappa shape index (κ3) is 3.65. The molecule has 6 heteroatoms. The lowest BCUT2D eigenvalue weighted by molar-refractivity contribution is -0.116. The van der Waals surface area contributed by atoms with Crippen molar-refractivity contribution in [1.82, 2.24) is 10.3 Å². The maximum Gasteiger partial charge on any atom is 0.244 e. The third-order valence-corrected chi connectivity index (χ3v) is 3.91. The number of hydrogen-bond acceptors (Lipinski definition) is 5. The summed E-state index contributed by atoms with van der Waals surface area (Å²) in [6.07, 6.45) is 3.20. The number of fused-ring (bicyclic) bond motifs is 1. The molecule has 1 aromatic carbocycles. The van der Waals surface area contributed by atoms with Gasteiger partial charge >= 0.3 is 0 Å². The molecule has 2 heterocycles. The van der Waals surface area contributed by atoms with E-state index in [1.54, 1.807) is 17.4 Å². The molecular weight excluding hydrogens is 300 g/mol. The van der Waals surface area contributed by atoms with Crippen molar-refractivity contribution < 1.29 is 14.3 Å². The zero-order valence-corrected chi connectivity index (χ0v) is 13.0. The lowest BCUT2D eigenvalue weighted by Crippen LogP contribution is -2.21. The highest BCUT2D eigenvalue weighted by atomic mass is 32.1. The first-order valence-electron chi connectivity index (χ1n) is 6.97. The van der Waals surface area contributed by atoms with Gasteiger partial charge in [-0.1, -0.05) is 6.07 Å². The molecule has 0 saturated carbocycles. The molecule has 1 aliphatic heterocycles. The number of ether oxygens (including phenoxy) is 2. The van der Waals surface area contributed by atoms with Crippen molar-refractivity contribution in [1.29, 1.82) is 0 Å². The monoisotopic (exact) mass is 316 g/mol. The summed E-state index contributed by atoms with van der Waals surface area (Å²) in [5, 5.41) is 5.74. The second kappa shape index (κ2) is 6.62. The highest BCUT2D eigenvalue weighted by Crippen LogP contribution is 2.30. The Balaban J connectivity index is 1.55. The van der Waals surface area contributed by atoms with E-state index in [9.17, 15) is 4.79 Å². The molecule has 0 saturated heterocycles. The van der Waals surface area contributed by atoms with Crippen molar-refractivity contribution in [2.24, 2.45) is 0 Å². The van der Waals surface area contributed by atoms with Gasteiger partial charge in [0, 0.05) is 18.0 Å². The molecule has 114 valence electrons. The predicted molar refractivity (Wildman–Crippen MR) is 85.2 cm³/mol. The van der Waals surface area contributed by atoms with Crippen molar-refractivity contribution >= 4 is 23.3 Å². The van der Waals surface area contributed by atoms with Gasteiger partial charge in [0.2, 0.25) is 5.91 Å². The molecule has 0 atom stereocenters. The Morgan fingerprint density at radius 1 is 1.36 bits per heavy atom. The fraction of sp³-hybridized carbons (Fsp3) is 0.250. The normalized spacial score (nSPS) is 13.3. The van der Waals surface area contributed by atoms with Gasteiger partial charge in [0.1, 0.15) is 13.2 Å². The summed E-state index contributed by atoms with van der Waals surface area (Å²) in [6.45, 7) is 3.50. The van der Waals surface area contributed by atoms with Crippen LogP contribution in [0.25, 0.3) is 6.08 Å². The molecule has 2 aromatic rings. The van der Waals surface area contributed by atoms with E-state index in [0.717, 1.165) is 27.8 Å². The number of carbonyl (C=O) groups excluding carboxylic acids is 1.